The predicted molar refractivity (Wildman–Crippen MR) is 129 cm³/mol. The fraction of sp³-hybridized carbons (Fsp3) is 0.417. The highest BCUT2D eigenvalue weighted by Crippen LogP contribution is 2.17. The van der Waals surface area contributed by atoms with Gasteiger partial charge in [-0.3, -0.25) is 19.6 Å². The summed E-state index contributed by atoms with van der Waals surface area (Å²) in [6, 6.07) is 8.19. The smallest absolute Gasteiger partial charge is 0.255 e. The van der Waals surface area contributed by atoms with Crippen LogP contribution in [0.4, 0.5) is 11.9 Å². The number of aromatic amines is 2. The number of H-pyrrole nitrogens is 2. The van der Waals surface area contributed by atoms with Crippen LogP contribution in [0.1, 0.15) is 47.5 Å². The van der Waals surface area contributed by atoms with Crippen LogP contribution < -0.4 is 20.9 Å². The molecule has 0 bridgehead atoms. The molecule has 8 heteroatoms. The van der Waals surface area contributed by atoms with Crippen LogP contribution in [-0.4, -0.2) is 48.1 Å². The molecule has 0 unspecified atom stereocenters. The first kappa shape index (κ1) is 23.2. The van der Waals surface area contributed by atoms with Crippen molar-refractivity contribution in [1.29, 1.82) is 0 Å². The van der Waals surface area contributed by atoms with Crippen molar-refractivity contribution in [3.63, 3.8) is 0 Å². The van der Waals surface area contributed by atoms with Gasteiger partial charge in [0.2, 0.25) is 11.9 Å². The van der Waals surface area contributed by atoms with Crippen LogP contribution in [0, 0.1) is 0 Å². The molecule has 0 atom stereocenters. The van der Waals surface area contributed by atoms with Crippen LogP contribution in [0.2, 0.25) is 0 Å². The molecule has 0 saturated heterocycles. The first-order valence-electron chi connectivity index (χ1n) is 10.9. The van der Waals surface area contributed by atoms with Crippen molar-refractivity contribution in [2.75, 3.05) is 38.0 Å². The summed E-state index contributed by atoms with van der Waals surface area (Å²) in [5, 5.41) is 0. The molecule has 3 aromatic rings. The zero-order valence-corrected chi connectivity index (χ0v) is 19.7. The van der Waals surface area contributed by atoms with E-state index in [0.717, 1.165) is 22.5 Å². The minimum absolute atomic E-state index is 0.0890. The average molecular weight is 437 g/mol. The standard InChI is InChI=1S/C24H32N6O2/c1-7-17-19(25-23(29(3)4)27-21(17)31)13-15-10-9-11-16(12-15)14-20-18(8-2)22(32)28-24(26-20)30(5)6/h9-12H,7-8,13-14H2,1-6H3,(H,25,27,31)(H,26,28,32). The van der Waals surface area contributed by atoms with Crippen molar-refractivity contribution in [3.05, 3.63) is 78.6 Å². The van der Waals surface area contributed by atoms with E-state index in [-0.39, 0.29) is 11.1 Å². The summed E-state index contributed by atoms with van der Waals surface area (Å²) in [4.78, 5) is 43.7. The van der Waals surface area contributed by atoms with Crippen LogP contribution >= 0.6 is 0 Å². The molecular formula is C24H32N6O2. The van der Waals surface area contributed by atoms with Crippen LogP contribution in [0.3, 0.4) is 0 Å². The molecule has 2 N–H and O–H groups in total. The molecule has 0 aliphatic carbocycles. The van der Waals surface area contributed by atoms with Gasteiger partial charge >= 0.3 is 0 Å². The Kier molecular flexibility index (Phi) is 7.12. The predicted octanol–water partition coefficient (Wildman–Crippen LogP) is 2.29. The van der Waals surface area contributed by atoms with Crippen molar-refractivity contribution < 1.29 is 0 Å². The summed E-state index contributed by atoms with van der Waals surface area (Å²) in [5.74, 6) is 1.10. The van der Waals surface area contributed by atoms with Gasteiger partial charge in [-0.1, -0.05) is 38.1 Å². The SMILES string of the molecule is CCc1c(Cc2cccc(Cc3nc(N(C)C)[nH]c(=O)c3CC)c2)nc(N(C)C)[nH]c1=O. The van der Waals surface area contributed by atoms with Gasteiger partial charge < -0.3 is 9.80 Å². The van der Waals surface area contributed by atoms with Gasteiger partial charge in [-0.15, -0.1) is 0 Å². The highest BCUT2D eigenvalue weighted by Gasteiger charge is 2.14. The molecule has 170 valence electrons. The molecule has 0 saturated carbocycles. The Hall–Kier alpha value is -3.42. The highest BCUT2D eigenvalue weighted by molar-refractivity contribution is 5.38. The second-order valence-corrected chi connectivity index (χ2v) is 8.30. The fourth-order valence-electron chi connectivity index (χ4n) is 3.74. The van der Waals surface area contributed by atoms with Crippen molar-refractivity contribution in [2.24, 2.45) is 0 Å². The fourth-order valence-corrected chi connectivity index (χ4v) is 3.74. The third-order valence-electron chi connectivity index (χ3n) is 5.47. The minimum atomic E-state index is -0.0890. The van der Waals surface area contributed by atoms with Gasteiger partial charge in [0.1, 0.15) is 0 Å². The Morgan fingerprint density at radius 2 is 1.16 bits per heavy atom. The lowest BCUT2D eigenvalue weighted by atomic mass is 9.99. The summed E-state index contributed by atoms with van der Waals surface area (Å²) in [6.07, 6.45) is 2.37. The first-order valence-corrected chi connectivity index (χ1v) is 10.9. The van der Waals surface area contributed by atoms with E-state index >= 15 is 0 Å². The van der Waals surface area contributed by atoms with E-state index in [1.165, 1.54) is 0 Å². The third kappa shape index (κ3) is 5.07. The van der Waals surface area contributed by atoms with E-state index in [1.807, 2.05) is 60.2 Å². The van der Waals surface area contributed by atoms with E-state index in [4.69, 9.17) is 0 Å². The Morgan fingerprint density at radius 1 is 0.750 bits per heavy atom. The van der Waals surface area contributed by atoms with Gasteiger partial charge in [0.05, 0.1) is 11.4 Å². The average Bonchev–Trinajstić information content (AvgIpc) is 2.73. The monoisotopic (exact) mass is 436 g/mol. The molecule has 0 radical (unpaired) electrons. The molecular weight excluding hydrogens is 404 g/mol. The van der Waals surface area contributed by atoms with E-state index in [1.54, 1.807) is 9.80 Å². The number of hydrogen-bond donors (Lipinski definition) is 2. The zero-order valence-electron chi connectivity index (χ0n) is 19.7. The maximum atomic E-state index is 12.5. The van der Waals surface area contributed by atoms with Crippen LogP contribution in [0.25, 0.3) is 0 Å². The maximum Gasteiger partial charge on any atom is 0.255 e. The van der Waals surface area contributed by atoms with Crippen LogP contribution in [-0.2, 0) is 25.7 Å². The van der Waals surface area contributed by atoms with Crippen LogP contribution in [0.5, 0.6) is 0 Å². The van der Waals surface area contributed by atoms with E-state index in [9.17, 15) is 9.59 Å². The summed E-state index contributed by atoms with van der Waals surface area (Å²) in [5.41, 5.74) is 4.95. The second kappa shape index (κ2) is 9.80. The summed E-state index contributed by atoms with van der Waals surface area (Å²) >= 11 is 0. The molecule has 0 aliphatic rings. The largest absolute Gasteiger partial charge is 0.348 e. The zero-order chi connectivity index (χ0) is 23.4. The molecule has 3 rings (SSSR count). The minimum Gasteiger partial charge on any atom is -0.348 e. The number of anilines is 2. The topological polar surface area (TPSA) is 98.0 Å². The molecule has 8 nitrogen and oxygen atoms in total. The molecule has 0 fully saturated rings. The van der Waals surface area contributed by atoms with Gasteiger partial charge in [0.25, 0.3) is 11.1 Å². The summed E-state index contributed by atoms with van der Waals surface area (Å²) < 4.78 is 0. The van der Waals surface area contributed by atoms with Crippen molar-refractivity contribution in [3.8, 4) is 0 Å². The van der Waals surface area contributed by atoms with Crippen LogP contribution in [0.15, 0.2) is 33.9 Å². The lowest BCUT2D eigenvalue weighted by Crippen LogP contribution is -2.24. The highest BCUT2D eigenvalue weighted by atomic mass is 16.1. The number of rotatable bonds is 8. The number of nitrogens with zero attached hydrogens (tertiary/aromatic N) is 4. The van der Waals surface area contributed by atoms with Crippen molar-refractivity contribution in [1.82, 2.24) is 19.9 Å². The Labute approximate surface area is 188 Å². The van der Waals surface area contributed by atoms with Gasteiger partial charge in [0, 0.05) is 52.2 Å². The quantitative estimate of drug-likeness (QED) is 0.562. The second-order valence-electron chi connectivity index (χ2n) is 8.30. The number of aromatic nitrogens is 4. The lowest BCUT2D eigenvalue weighted by Gasteiger charge is -2.15. The maximum absolute atomic E-state index is 12.5. The molecule has 2 aromatic heterocycles. The molecule has 2 heterocycles. The molecule has 0 spiro atoms. The first-order chi connectivity index (χ1) is 15.2. The van der Waals surface area contributed by atoms with E-state index in [0.29, 0.717) is 48.7 Å². The Bertz CT molecular complexity index is 1120. The van der Waals surface area contributed by atoms with Gasteiger partial charge in [-0.05, 0) is 24.0 Å². The van der Waals surface area contributed by atoms with E-state index in [2.05, 4.69) is 26.0 Å². The number of nitrogens with one attached hydrogen (secondary N) is 2. The Balaban J connectivity index is 1.96. The lowest BCUT2D eigenvalue weighted by molar-refractivity contribution is 0.882. The molecule has 1 aromatic carbocycles. The van der Waals surface area contributed by atoms with Gasteiger partial charge in [-0.2, -0.15) is 0 Å². The summed E-state index contributed by atoms with van der Waals surface area (Å²) in [6.45, 7) is 3.93. The van der Waals surface area contributed by atoms with Gasteiger partial charge in [-0.25, -0.2) is 9.97 Å². The van der Waals surface area contributed by atoms with E-state index < -0.39 is 0 Å². The summed E-state index contributed by atoms with van der Waals surface area (Å²) in [7, 11) is 7.43. The van der Waals surface area contributed by atoms with Crippen molar-refractivity contribution >= 4 is 11.9 Å². The third-order valence-corrected chi connectivity index (χ3v) is 5.47. The number of hydrogen-bond acceptors (Lipinski definition) is 6. The van der Waals surface area contributed by atoms with Gasteiger partial charge in [0.15, 0.2) is 0 Å². The Morgan fingerprint density at radius 3 is 1.50 bits per heavy atom. The normalized spacial score (nSPS) is 10.9. The number of benzene rings is 1. The molecule has 0 aliphatic heterocycles. The molecule has 0 amide bonds. The molecule has 32 heavy (non-hydrogen) atoms. The van der Waals surface area contributed by atoms with Crippen molar-refractivity contribution in [2.45, 2.75) is 39.5 Å².